The molecule has 1 amide bonds. The summed E-state index contributed by atoms with van der Waals surface area (Å²) in [4.78, 5) is 21.2. The Morgan fingerprint density at radius 1 is 1.18 bits per heavy atom. The SMILES string of the molecule is [CH2-]CCC(CC[CH2-])OC(=O)NCC(=O)O.[Cm].[Cm]. The van der Waals surface area contributed by atoms with Gasteiger partial charge in [0.25, 0.3) is 0 Å². The monoisotopic (exact) mass is 701 g/mol. The summed E-state index contributed by atoms with van der Waals surface area (Å²) in [6.45, 7) is 6.90. The van der Waals surface area contributed by atoms with Crippen molar-refractivity contribution in [3.63, 3.8) is 0 Å². The second kappa shape index (κ2) is 10.8. The molecule has 0 aromatic heterocycles. The fourth-order valence-electron chi connectivity index (χ4n) is 1.06. The first kappa shape index (κ1) is 19.3. The van der Waals surface area contributed by atoms with Gasteiger partial charge in [-0.05, 0) is 12.8 Å². The van der Waals surface area contributed by atoms with Crippen LogP contribution in [0.2, 0.25) is 0 Å². The van der Waals surface area contributed by atoms with Crippen LogP contribution in [0.15, 0.2) is 0 Å². The van der Waals surface area contributed by atoms with Gasteiger partial charge in [0.1, 0.15) is 6.54 Å². The topological polar surface area (TPSA) is 75.6 Å². The van der Waals surface area contributed by atoms with Crippen molar-refractivity contribution in [2.24, 2.45) is 0 Å². The predicted molar refractivity (Wildman–Crippen MR) is 55.1 cm³/mol. The molecular weight excluding hydrogens is 692 g/mol. The van der Waals surface area contributed by atoms with E-state index >= 15 is 0 Å². The van der Waals surface area contributed by atoms with E-state index in [9.17, 15) is 9.59 Å². The quantitative estimate of drug-likeness (QED) is 0.393. The number of nitrogens with one attached hydrogen (secondary N) is 1. The largest absolute Gasteiger partial charge is 0.480 e. The number of amides is 1. The Morgan fingerprint density at radius 2 is 1.65 bits per heavy atom. The number of ether oxygens (including phenoxy) is 1. The van der Waals surface area contributed by atoms with E-state index in [2.05, 4.69) is 19.2 Å². The second-order valence-corrected chi connectivity index (χ2v) is 3.06. The first-order valence-electron chi connectivity index (χ1n) is 4.85. The van der Waals surface area contributed by atoms with Crippen molar-refractivity contribution in [3.8, 4) is 0 Å². The van der Waals surface area contributed by atoms with Crippen LogP contribution in [-0.2, 0) is 9.53 Å². The van der Waals surface area contributed by atoms with Crippen LogP contribution in [0.1, 0.15) is 25.7 Å². The average molecular weight is 709 g/mol. The molecule has 0 spiro atoms. The van der Waals surface area contributed by atoms with Crippen molar-refractivity contribution in [3.05, 3.63) is 13.8 Å². The first-order valence-corrected chi connectivity index (χ1v) is 4.85. The third-order valence-corrected chi connectivity index (χ3v) is 1.71. The molecule has 7 heteroatoms. The number of carboxylic acid groups (broad SMARTS) is 1. The standard InChI is InChI=1S/C10H17NO4.2Cm/c1-3-5-8(6-4-2)15-10(14)11-7-9(12)13;;/h8H,1-7H2,(H,11,14)(H,12,13);;/q-2;;. The van der Waals surface area contributed by atoms with Crippen LogP contribution in [-0.4, -0.2) is 29.8 Å². The molecule has 104 valence electrons. The van der Waals surface area contributed by atoms with Gasteiger partial charge in [0.05, 0.1) is 6.10 Å². The molecule has 0 aromatic carbocycles. The number of aliphatic carboxylic acids is 1. The minimum absolute atomic E-state index is 0. The fourth-order valence-corrected chi connectivity index (χ4v) is 1.06. The Morgan fingerprint density at radius 3 is 2.00 bits per heavy atom. The Balaban J connectivity index is -0.000000980. The molecule has 0 saturated heterocycles. The molecule has 0 heterocycles. The molecule has 0 saturated carbocycles. The van der Waals surface area contributed by atoms with E-state index < -0.39 is 18.6 Å². The number of hydrogen-bond donors (Lipinski definition) is 2. The summed E-state index contributed by atoms with van der Waals surface area (Å²) in [5.74, 6) is -1.10. The minimum atomic E-state index is -1.10. The third-order valence-electron chi connectivity index (χ3n) is 1.71. The summed E-state index contributed by atoms with van der Waals surface area (Å²) in [6, 6.07) is 0. The average Bonchev–Trinajstić information content (AvgIpc) is 2.15. The van der Waals surface area contributed by atoms with Gasteiger partial charge < -0.3 is 29.0 Å². The minimum Gasteiger partial charge on any atom is -0.480 e. The van der Waals surface area contributed by atoms with Gasteiger partial charge in [-0.15, -0.1) is 0 Å². The molecule has 0 atom stereocenters. The molecule has 0 aliphatic heterocycles. The van der Waals surface area contributed by atoms with Gasteiger partial charge in [-0.3, -0.25) is 4.79 Å². The molecule has 0 aliphatic carbocycles. The molecule has 0 bridgehead atoms. The Bertz CT molecular complexity index is 208. The number of rotatable bonds is 7. The van der Waals surface area contributed by atoms with Crippen LogP contribution >= 0.6 is 0 Å². The van der Waals surface area contributed by atoms with E-state index in [4.69, 9.17) is 9.84 Å². The zero-order chi connectivity index (χ0) is 11.7. The van der Waals surface area contributed by atoms with E-state index in [1.54, 1.807) is 0 Å². The maximum Gasteiger partial charge on any atom is 0.407 e. The van der Waals surface area contributed by atoms with E-state index in [0.717, 1.165) is 0 Å². The van der Waals surface area contributed by atoms with Gasteiger partial charge in [0.15, 0.2) is 0 Å². The van der Waals surface area contributed by atoms with Crippen molar-refractivity contribution in [1.29, 1.82) is 0 Å². The molecule has 0 rings (SSSR count). The second-order valence-electron chi connectivity index (χ2n) is 3.06. The van der Waals surface area contributed by atoms with E-state index in [0.29, 0.717) is 25.7 Å². The summed E-state index contributed by atoms with van der Waals surface area (Å²) in [6.07, 6.45) is 1.72. The Hall–Kier alpha value is -3.26. The maximum absolute atomic E-state index is 11.1. The summed E-state index contributed by atoms with van der Waals surface area (Å²) in [7, 11) is 0. The van der Waals surface area contributed by atoms with Crippen LogP contribution in [0.3, 0.4) is 0 Å². The normalized spacial score (nSPS) is 8.88. The van der Waals surface area contributed by atoms with Gasteiger partial charge in [0, 0.05) is 0 Å². The maximum atomic E-state index is 11.1. The molecule has 0 unspecified atom stereocenters. The van der Waals surface area contributed by atoms with E-state index in [-0.39, 0.29) is 6.10 Å². The molecule has 0 aromatic rings. The molecule has 2 N–H and O–H groups in total. The molecule has 17 heavy (non-hydrogen) atoms. The van der Waals surface area contributed by atoms with Gasteiger partial charge in [0.2, 0.25) is 0 Å². The van der Waals surface area contributed by atoms with E-state index in [1.165, 1.54) is 0 Å². The van der Waals surface area contributed by atoms with Crippen LogP contribution in [0.25, 0.3) is 0 Å². The van der Waals surface area contributed by atoms with Gasteiger partial charge >= 0.3 is 12.1 Å². The van der Waals surface area contributed by atoms with Crippen LogP contribution in [0.5, 0.6) is 0 Å². The molecular formula is C10H17Cm2NO4-2. The van der Waals surface area contributed by atoms with Crippen LogP contribution in [0.4, 0.5) is 4.79 Å². The molecule has 5 nitrogen and oxygen atoms in total. The number of carboxylic acids is 1. The van der Waals surface area contributed by atoms with E-state index in [1.807, 2.05) is 0 Å². The van der Waals surface area contributed by atoms with Gasteiger partial charge in [-0.1, -0.05) is 0 Å². The summed E-state index contributed by atoms with van der Waals surface area (Å²) < 4.78 is 4.99. The Kier molecular flexibility index (Phi) is 12.3. The fraction of sp³-hybridized carbons (Fsp3) is 0.600. The molecule has 0 radical (unpaired) electrons. The Labute approximate surface area is 89.8 Å². The van der Waals surface area contributed by atoms with Crippen molar-refractivity contribution >= 4 is 12.1 Å². The predicted octanol–water partition coefficient (Wildman–Crippen LogP) is 1.39. The van der Waals surface area contributed by atoms with Crippen LogP contribution < -0.4 is 5.32 Å². The molecule has 0 aliphatic rings. The van der Waals surface area contributed by atoms with Crippen molar-refractivity contribution in [1.82, 2.24) is 5.32 Å². The number of carbonyl (C=O) groups is 2. The smallest absolute Gasteiger partial charge is 0.407 e. The van der Waals surface area contributed by atoms with Crippen LogP contribution in [0, 0.1) is 13.8 Å². The van der Waals surface area contributed by atoms with Crippen molar-refractivity contribution in [2.75, 3.05) is 6.54 Å². The third kappa shape index (κ3) is 10.7. The zero-order valence-corrected chi connectivity index (χ0v) is 15.3. The first-order chi connectivity index (χ1) is 7.10. The number of hydrogen-bond acceptors (Lipinski definition) is 3. The van der Waals surface area contributed by atoms with Gasteiger partial charge in [-0.25, -0.2) is 4.79 Å². The zero-order valence-electron chi connectivity index (χ0n) is 9.41. The number of carbonyl (C=O) groups excluding carboxylic acids is 1. The summed E-state index contributed by atoms with van der Waals surface area (Å²) in [5.41, 5.74) is 0. The van der Waals surface area contributed by atoms with Gasteiger partial charge in [-0.2, -0.15) is 12.8 Å². The summed E-state index contributed by atoms with van der Waals surface area (Å²) in [5, 5.41) is 10.4. The van der Waals surface area contributed by atoms with Crippen molar-refractivity contribution < 1.29 is 19.4 Å². The van der Waals surface area contributed by atoms with Crippen molar-refractivity contribution in [2.45, 2.75) is 31.8 Å². The molecule has 0 fully saturated rings. The summed E-state index contributed by atoms with van der Waals surface area (Å²) >= 11 is 0. The number of alkyl carbamates (subject to hydrolysis) is 1.